The first-order valence-electron chi connectivity index (χ1n) is 11.9. The van der Waals surface area contributed by atoms with Crippen LogP contribution in [0.2, 0.25) is 0 Å². The molecule has 11 heteroatoms. The molecule has 0 unspecified atom stereocenters. The third-order valence-electron chi connectivity index (χ3n) is 6.29. The lowest BCUT2D eigenvalue weighted by atomic mass is 9.95. The molecule has 0 bridgehead atoms. The summed E-state index contributed by atoms with van der Waals surface area (Å²) >= 11 is 1.16. The Labute approximate surface area is 219 Å². The van der Waals surface area contributed by atoms with Crippen LogP contribution >= 0.6 is 11.9 Å². The van der Waals surface area contributed by atoms with E-state index in [1.807, 2.05) is 27.7 Å². The number of carbonyl (C=O) groups is 3. The summed E-state index contributed by atoms with van der Waals surface area (Å²) in [7, 11) is 0. The van der Waals surface area contributed by atoms with Gasteiger partial charge in [-0.1, -0.05) is 20.8 Å². The first kappa shape index (κ1) is 26.6. The van der Waals surface area contributed by atoms with Crippen molar-refractivity contribution in [3.63, 3.8) is 0 Å². The van der Waals surface area contributed by atoms with Crippen LogP contribution in [0.1, 0.15) is 42.5 Å². The number of pyridine rings is 1. The van der Waals surface area contributed by atoms with E-state index in [0.717, 1.165) is 28.8 Å². The fourth-order valence-electron chi connectivity index (χ4n) is 4.15. The predicted molar refractivity (Wildman–Crippen MR) is 137 cm³/mol. The van der Waals surface area contributed by atoms with Crippen LogP contribution in [-0.4, -0.2) is 58.9 Å². The number of carbonyl (C=O) groups excluding carboxylic acids is 3. The molecule has 2 aliphatic rings. The average molecular weight is 529 g/mol. The van der Waals surface area contributed by atoms with Crippen molar-refractivity contribution in [1.29, 1.82) is 0 Å². The number of hydrogen-bond donors (Lipinski definition) is 2. The molecule has 4 N–H and O–H groups in total. The molecule has 2 aromatic rings. The number of ether oxygens (including phenoxy) is 1. The summed E-state index contributed by atoms with van der Waals surface area (Å²) in [5.74, 6) is -1.11. The number of hydrogen-bond acceptors (Lipinski definition) is 6. The van der Waals surface area contributed by atoms with Crippen molar-refractivity contribution >= 4 is 35.5 Å². The third-order valence-corrected chi connectivity index (χ3v) is 6.87. The maximum Gasteiger partial charge on any atom is 0.410 e. The van der Waals surface area contributed by atoms with E-state index >= 15 is 0 Å². The normalized spacial score (nSPS) is 15.2. The van der Waals surface area contributed by atoms with Crippen LogP contribution in [0, 0.1) is 18.2 Å². The number of halogens is 1. The topological polar surface area (TPSA) is 119 Å². The SMILES string of the molecule is Cc1ccc(NC(=O)C(C)(C)C)c(COC(=O)N2CC3=C(C2)CN(C(=O)c2ccc(S[NH3+])cc2F)C3)n1. The van der Waals surface area contributed by atoms with E-state index in [-0.39, 0.29) is 24.0 Å². The number of nitrogens with zero attached hydrogens (tertiary/aromatic N) is 3. The summed E-state index contributed by atoms with van der Waals surface area (Å²) in [6.07, 6.45) is -0.504. The van der Waals surface area contributed by atoms with Gasteiger partial charge in [-0.25, -0.2) is 9.18 Å². The van der Waals surface area contributed by atoms with Gasteiger partial charge in [0.1, 0.15) is 30.1 Å². The highest BCUT2D eigenvalue weighted by Crippen LogP contribution is 2.28. The number of quaternary nitrogens is 1. The van der Waals surface area contributed by atoms with E-state index in [1.165, 1.54) is 12.1 Å². The fourth-order valence-corrected chi connectivity index (χ4v) is 4.50. The summed E-state index contributed by atoms with van der Waals surface area (Å²) in [4.78, 5) is 46.3. The van der Waals surface area contributed by atoms with Crippen LogP contribution < -0.4 is 10.5 Å². The summed E-state index contributed by atoms with van der Waals surface area (Å²) in [5, 5.41) is 6.51. The van der Waals surface area contributed by atoms with Gasteiger partial charge in [-0.3, -0.25) is 19.7 Å². The Morgan fingerprint density at radius 2 is 1.73 bits per heavy atom. The van der Waals surface area contributed by atoms with Crippen molar-refractivity contribution < 1.29 is 28.6 Å². The van der Waals surface area contributed by atoms with E-state index in [4.69, 9.17) is 4.74 Å². The lowest BCUT2D eigenvalue weighted by Gasteiger charge is -2.23. The molecule has 0 spiro atoms. The first-order valence-corrected chi connectivity index (χ1v) is 12.8. The van der Waals surface area contributed by atoms with Crippen LogP contribution in [0.5, 0.6) is 0 Å². The number of anilines is 1. The van der Waals surface area contributed by atoms with Gasteiger partial charge in [0, 0.05) is 37.3 Å². The van der Waals surface area contributed by atoms with Crippen LogP contribution in [0.4, 0.5) is 14.9 Å². The minimum atomic E-state index is -0.586. The van der Waals surface area contributed by atoms with E-state index in [9.17, 15) is 18.8 Å². The molecule has 37 heavy (non-hydrogen) atoms. The molecule has 0 atom stereocenters. The smallest absolute Gasteiger partial charge is 0.410 e. The Morgan fingerprint density at radius 3 is 2.32 bits per heavy atom. The highest BCUT2D eigenvalue weighted by molar-refractivity contribution is 7.92. The number of aromatic nitrogens is 1. The second-order valence-corrected chi connectivity index (χ2v) is 11.0. The number of nitrogens with one attached hydrogen (secondary N) is 1. The molecule has 1 aromatic heterocycles. The van der Waals surface area contributed by atoms with Crippen molar-refractivity contribution in [2.45, 2.75) is 39.2 Å². The maximum atomic E-state index is 14.4. The van der Waals surface area contributed by atoms with E-state index in [0.29, 0.717) is 42.5 Å². The molecule has 0 radical (unpaired) electrons. The van der Waals surface area contributed by atoms with E-state index < -0.39 is 17.3 Å². The zero-order valence-electron chi connectivity index (χ0n) is 21.4. The molecule has 1 aromatic carbocycles. The van der Waals surface area contributed by atoms with Crippen LogP contribution in [0.25, 0.3) is 0 Å². The minimum absolute atomic E-state index is 0.0234. The molecular formula is C26H31FN5O4S+. The second-order valence-electron chi connectivity index (χ2n) is 10.2. The van der Waals surface area contributed by atoms with Gasteiger partial charge in [0.15, 0.2) is 0 Å². The average Bonchev–Trinajstić information content (AvgIpc) is 3.42. The monoisotopic (exact) mass is 528 g/mol. The van der Waals surface area contributed by atoms with Crippen LogP contribution in [0.3, 0.4) is 0 Å². The molecule has 0 fully saturated rings. The van der Waals surface area contributed by atoms with Crippen LogP contribution in [-0.2, 0) is 16.1 Å². The Kier molecular flexibility index (Phi) is 7.56. The second kappa shape index (κ2) is 10.5. The molecule has 0 saturated heterocycles. The third kappa shape index (κ3) is 5.94. The predicted octanol–water partition coefficient (Wildman–Crippen LogP) is 3.17. The lowest BCUT2D eigenvalue weighted by Crippen LogP contribution is -2.37. The van der Waals surface area contributed by atoms with Crippen molar-refractivity contribution in [3.05, 3.63) is 64.2 Å². The van der Waals surface area contributed by atoms with Crippen molar-refractivity contribution in [2.24, 2.45) is 5.41 Å². The van der Waals surface area contributed by atoms with Crippen molar-refractivity contribution in [2.75, 3.05) is 31.5 Å². The van der Waals surface area contributed by atoms with Gasteiger partial charge < -0.3 is 19.9 Å². The van der Waals surface area contributed by atoms with E-state index in [2.05, 4.69) is 15.4 Å². The minimum Gasteiger partial charge on any atom is -0.443 e. The summed E-state index contributed by atoms with van der Waals surface area (Å²) < 4.78 is 19.9. The Bertz CT molecular complexity index is 1270. The van der Waals surface area contributed by atoms with E-state index in [1.54, 1.807) is 28.0 Å². The van der Waals surface area contributed by atoms with Gasteiger partial charge in [0.05, 0.1) is 16.1 Å². The molecule has 0 aliphatic carbocycles. The van der Waals surface area contributed by atoms with Gasteiger partial charge in [-0.05, 0) is 48.4 Å². The van der Waals surface area contributed by atoms with Gasteiger partial charge in [0.2, 0.25) is 5.91 Å². The highest BCUT2D eigenvalue weighted by Gasteiger charge is 2.35. The summed E-state index contributed by atoms with van der Waals surface area (Å²) in [6, 6.07) is 8.00. The zero-order valence-corrected chi connectivity index (χ0v) is 22.2. The number of rotatable bonds is 5. The van der Waals surface area contributed by atoms with Crippen LogP contribution in [0.15, 0.2) is 46.4 Å². The van der Waals surface area contributed by atoms with Crippen molar-refractivity contribution in [1.82, 2.24) is 14.8 Å². The largest absolute Gasteiger partial charge is 0.443 e. The molecule has 3 heterocycles. The van der Waals surface area contributed by atoms with Gasteiger partial charge in [-0.15, -0.1) is 0 Å². The van der Waals surface area contributed by atoms with Gasteiger partial charge in [0.25, 0.3) is 5.91 Å². The molecule has 196 valence electrons. The van der Waals surface area contributed by atoms with Gasteiger partial charge >= 0.3 is 6.09 Å². The number of benzene rings is 1. The number of amides is 3. The molecular weight excluding hydrogens is 497 g/mol. The summed E-state index contributed by atoms with van der Waals surface area (Å²) in [6.45, 7) is 8.53. The molecule has 9 nitrogen and oxygen atoms in total. The molecule has 4 rings (SSSR count). The Morgan fingerprint density at radius 1 is 1.08 bits per heavy atom. The van der Waals surface area contributed by atoms with Crippen molar-refractivity contribution in [3.8, 4) is 0 Å². The molecule has 2 aliphatic heterocycles. The molecule has 3 amide bonds. The first-order chi connectivity index (χ1) is 17.5. The Balaban J connectivity index is 1.33. The maximum absolute atomic E-state index is 14.4. The fraction of sp³-hybridized carbons (Fsp3) is 0.385. The Hall–Kier alpha value is -3.44. The highest BCUT2D eigenvalue weighted by atomic mass is 32.2. The number of aryl methyl sites for hydroxylation is 1. The lowest BCUT2D eigenvalue weighted by molar-refractivity contribution is -0.137. The standard InChI is InChI=1S/C26H30FN5O4S/c1-15-5-8-21(30-24(34)26(2,3)4)22(29-15)14-36-25(35)32-12-16-10-31(11-17(16)13-32)23(33)19-7-6-18(37-28)9-20(19)27/h5-9H,10-14,28H2,1-4H3,(H,30,34)/p+1. The molecule has 0 saturated carbocycles. The summed E-state index contributed by atoms with van der Waals surface area (Å²) in [5.41, 5.74) is 3.07. The zero-order chi connectivity index (χ0) is 26.9. The van der Waals surface area contributed by atoms with Gasteiger partial charge in [-0.2, -0.15) is 0 Å². The quantitative estimate of drug-likeness (QED) is 0.455.